The predicted molar refractivity (Wildman–Crippen MR) is 101 cm³/mol. The first-order chi connectivity index (χ1) is 10.6. The lowest BCUT2D eigenvalue weighted by Gasteiger charge is -2.19. The van der Waals surface area contributed by atoms with Gasteiger partial charge in [-0.2, -0.15) is 0 Å². The minimum absolute atomic E-state index is 0.337. The van der Waals surface area contributed by atoms with Crippen LogP contribution in [0, 0.1) is 10.8 Å². The van der Waals surface area contributed by atoms with Crippen molar-refractivity contribution < 1.29 is 0 Å². The summed E-state index contributed by atoms with van der Waals surface area (Å²) >= 11 is 0. The van der Waals surface area contributed by atoms with Gasteiger partial charge in [0.25, 0.3) is 0 Å². The van der Waals surface area contributed by atoms with E-state index in [9.17, 15) is 0 Å². The first kappa shape index (κ1) is 16.3. The molecule has 2 aromatic carbocycles. The van der Waals surface area contributed by atoms with Gasteiger partial charge in [-0.3, -0.25) is 0 Å². The molecule has 0 spiro atoms. The summed E-state index contributed by atoms with van der Waals surface area (Å²) < 4.78 is 0. The van der Waals surface area contributed by atoms with Crippen LogP contribution in [0.4, 0.5) is 0 Å². The summed E-state index contributed by atoms with van der Waals surface area (Å²) in [6.45, 7) is 13.9. The maximum atomic E-state index is 2.44. The average molecular weight is 306 g/mol. The highest BCUT2D eigenvalue weighted by molar-refractivity contribution is 5.77. The van der Waals surface area contributed by atoms with Gasteiger partial charge in [-0.1, -0.05) is 77.9 Å². The van der Waals surface area contributed by atoms with Crippen LogP contribution in [0.25, 0.3) is 11.1 Å². The molecule has 0 radical (unpaired) electrons. The molecule has 0 bridgehead atoms. The molecule has 0 saturated heterocycles. The molecule has 0 heterocycles. The molecule has 0 fully saturated rings. The van der Waals surface area contributed by atoms with Crippen molar-refractivity contribution in [2.24, 2.45) is 10.8 Å². The number of benzene rings is 2. The van der Waals surface area contributed by atoms with Crippen molar-refractivity contribution in [2.75, 3.05) is 0 Å². The van der Waals surface area contributed by atoms with Crippen molar-refractivity contribution in [3.05, 3.63) is 58.7 Å². The predicted octanol–water partition coefficient (Wildman–Crippen LogP) is 6.44. The monoisotopic (exact) mass is 306 g/mol. The normalized spacial score (nSPS) is 13.8. The van der Waals surface area contributed by atoms with Gasteiger partial charge in [0.2, 0.25) is 0 Å². The van der Waals surface area contributed by atoms with Crippen LogP contribution >= 0.6 is 0 Å². The van der Waals surface area contributed by atoms with Gasteiger partial charge in [0.15, 0.2) is 0 Å². The van der Waals surface area contributed by atoms with Crippen molar-refractivity contribution >= 4 is 0 Å². The number of rotatable bonds is 2. The Morgan fingerprint density at radius 2 is 1.04 bits per heavy atom. The molecule has 0 saturated carbocycles. The van der Waals surface area contributed by atoms with Crippen LogP contribution in [-0.4, -0.2) is 0 Å². The van der Waals surface area contributed by atoms with Gasteiger partial charge in [-0.05, 0) is 63.5 Å². The molecule has 0 aromatic heterocycles. The van der Waals surface area contributed by atoms with Gasteiger partial charge in [0.05, 0.1) is 0 Å². The van der Waals surface area contributed by atoms with Crippen LogP contribution in [0.1, 0.15) is 63.8 Å². The molecule has 0 heteroatoms. The maximum Gasteiger partial charge on any atom is -0.00134 e. The van der Waals surface area contributed by atoms with Crippen LogP contribution < -0.4 is 0 Å². The van der Waals surface area contributed by atoms with Crippen LogP contribution in [0.2, 0.25) is 0 Å². The molecule has 0 N–H and O–H groups in total. The zero-order valence-corrected chi connectivity index (χ0v) is 15.6. The van der Waals surface area contributed by atoms with E-state index in [2.05, 4.69) is 77.9 Å². The Morgan fingerprint density at radius 1 is 0.652 bits per heavy atom. The fourth-order valence-corrected chi connectivity index (χ4v) is 3.71. The van der Waals surface area contributed by atoms with Crippen LogP contribution in [0.5, 0.6) is 0 Å². The molecule has 23 heavy (non-hydrogen) atoms. The summed E-state index contributed by atoms with van der Waals surface area (Å²) in [5, 5.41) is 0. The highest BCUT2D eigenvalue weighted by Gasteiger charge is 2.21. The zero-order valence-electron chi connectivity index (χ0n) is 15.6. The SMILES string of the molecule is CC(C)(C)Cc1ccc2c(c1)-c1cc(CC(C)(C)C)ccc1C2. The average Bonchev–Trinajstić information content (AvgIpc) is 2.73. The third-order valence-corrected chi connectivity index (χ3v) is 4.49. The van der Waals surface area contributed by atoms with E-state index in [0.29, 0.717) is 10.8 Å². The van der Waals surface area contributed by atoms with Gasteiger partial charge in [-0.15, -0.1) is 0 Å². The van der Waals surface area contributed by atoms with E-state index < -0.39 is 0 Å². The number of hydrogen-bond acceptors (Lipinski definition) is 0. The van der Waals surface area contributed by atoms with E-state index in [1.54, 1.807) is 0 Å². The highest BCUT2D eigenvalue weighted by Crippen LogP contribution is 2.39. The maximum absolute atomic E-state index is 2.44. The van der Waals surface area contributed by atoms with Crippen molar-refractivity contribution in [1.29, 1.82) is 0 Å². The molecule has 0 amide bonds. The molecule has 0 aliphatic heterocycles. The van der Waals surface area contributed by atoms with Crippen LogP contribution in [0.3, 0.4) is 0 Å². The van der Waals surface area contributed by atoms with Gasteiger partial charge in [-0.25, -0.2) is 0 Å². The third-order valence-electron chi connectivity index (χ3n) is 4.49. The largest absolute Gasteiger partial charge is 0.0599 e. The first-order valence-corrected chi connectivity index (χ1v) is 8.85. The summed E-state index contributed by atoms with van der Waals surface area (Å²) in [6.07, 6.45) is 3.37. The van der Waals surface area contributed by atoms with Crippen LogP contribution in [-0.2, 0) is 19.3 Å². The van der Waals surface area contributed by atoms with E-state index >= 15 is 0 Å². The molecule has 0 atom stereocenters. The first-order valence-electron chi connectivity index (χ1n) is 8.85. The smallest absolute Gasteiger partial charge is 0.00134 e. The standard InChI is InChI=1S/C23H30/c1-22(2,3)14-16-7-9-18-13-19-10-8-17(15-23(4,5)6)12-21(19)20(18)11-16/h7-12H,13-15H2,1-6H3. The Labute approximate surface area is 141 Å². The van der Waals surface area contributed by atoms with Crippen molar-refractivity contribution in [2.45, 2.75) is 60.8 Å². The molecular weight excluding hydrogens is 276 g/mol. The van der Waals surface area contributed by atoms with E-state index in [4.69, 9.17) is 0 Å². The van der Waals surface area contributed by atoms with Crippen molar-refractivity contribution in [1.82, 2.24) is 0 Å². The second-order valence-electron chi connectivity index (χ2n) is 9.63. The van der Waals surface area contributed by atoms with Gasteiger partial charge >= 0.3 is 0 Å². The summed E-state index contributed by atoms with van der Waals surface area (Å²) in [6, 6.07) is 14.2. The van der Waals surface area contributed by atoms with E-state index in [-0.39, 0.29) is 0 Å². The minimum Gasteiger partial charge on any atom is -0.0599 e. The summed E-state index contributed by atoms with van der Waals surface area (Å²) in [5.74, 6) is 0. The Bertz CT molecular complexity index is 657. The summed E-state index contributed by atoms with van der Waals surface area (Å²) in [4.78, 5) is 0. The van der Waals surface area contributed by atoms with Crippen LogP contribution in [0.15, 0.2) is 36.4 Å². The second kappa shape index (κ2) is 5.51. The van der Waals surface area contributed by atoms with Gasteiger partial charge in [0.1, 0.15) is 0 Å². The van der Waals surface area contributed by atoms with E-state index in [1.807, 2.05) is 0 Å². The fourth-order valence-electron chi connectivity index (χ4n) is 3.71. The number of fused-ring (bicyclic) bond motifs is 3. The topological polar surface area (TPSA) is 0 Å². The molecule has 2 aromatic rings. The zero-order chi connectivity index (χ0) is 16.8. The summed E-state index contributed by atoms with van der Waals surface area (Å²) in [7, 11) is 0. The highest BCUT2D eigenvalue weighted by atomic mass is 14.3. The lowest BCUT2D eigenvalue weighted by Crippen LogP contribution is -2.09. The Balaban J connectivity index is 1.97. The Morgan fingerprint density at radius 3 is 1.39 bits per heavy atom. The summed E-state index contributed by atoms with van der Waals surface area (Å²) in [5.41, 5.74) is 9.52. The molecule has 0 nitrogen and oxygen atoms in total. The third kappa shape index (κ3) is 3.86. The molecule has 3 rings (SSSR count). The molecule has 122 valence electrons. The molecule has 1 aliphatic carbocycles. The molecule has 0 unspecified atom stereocenters. The quantitative estimate of drug-likeness (QED) is 0.511. The number of hydrogen-bond donors (Lipinski definition) is 0. The van der Waals surface area contributed by atoms with Gasteiger partial charge < -0.3 is 0 Å². The van der Waals surface area contributed by atoms with E-state index in [0.717, 1.165) is 19.3 Å². The molecular formula is C23H30. The van der Waals surface area contributed by atoms with Crippen molar-refractivity contribution in [3.63, 3.8) is 0 Å². The molecule has 1 aliphatic rings. The lowest BCUT2D eigenvalue weighted by molar-refractivity contribution is 0.411. The van der Waals surface area contributed by atoms with Crippen molar-refractivity contribution in [3.8, 4) is 11.1 Å². The second-order valence-corrected chi connectivity index (χ2v) is 9.63. The Kier molecular flexibility index (Phi) is 3.91. The minimum atomic E-state index is 0.337. The van der Waals surface area contributed by atoms with Gasteiger partial charge in [0, 0.05) is 0 Å². The fraction of sp³-hybridized carbons (Fsp3) is 0.478. The van der Waals surface area contributed by atoms with E-state index in [1.165, 1.54) is 33.4 Å². The Hall–Kier alpha value is -1.56. The lowest BCUT2D eigenvalue weighted by atomic mass is 9.86.